The van der Waals surface area contributed by atoms with Crippen LogP contribution >= 0.6 is 0 Å². The fourth-order valence-corrected chi connectivity index (χ4v) is 2.03. The van der Waals surface area contributed by atoms with Crippen molar-refractivity contribution in [1.82, 2.24) is 9.80 Å². The zero-order valence-corrected chi connectivity index (χ0v) is 9.90. The second-order valence-electron chi connectivity index (χ2n) is 4.69. The Morgan fingerprint density at radius 1 is 1.36 bits per heavy atom. The van der Waals surface area contributed by atoms with Gasteiger partial charge in [0.2, 0.25) is 0 Å². The van der Waals surface area contributed by atoms with Gasteiger partial charge in [-0.2, -0.15) is 0 Å². The Kier molecular flexibility index (Phi) is 4.35. The second-order valence-corrected chi connectivity index (χ2v) is 4.69. The lowest BCUT2D eigenvalue weighted by molar-refractivity contribution is -0.0125. The molecule has 1 aliphatic rings. The van der Waals surface area contributed by atoms with E-state index in [0.29, 0.717) is 12.0 Å². The molecule has 1 N–H and O–H groups in total. The van der Waals surface area contributed by atoms with Crippen LogP contribution in [0.5, 0.6) is 0 Å². The smallest absolute Gasteiger partial charge is 0.0733 e. The minimum absolute atomic E-state index is 0.187. The third kappa shape index (κ3) is 2.69. The first kappa shape index (κ1) is 12.0. The summed E-state index contributed by atoms with van der Waals surface area (Å²) >= 11 is 0. The molecule has 0 bridgehead atoms. The highest BCUT2D eigenvalue weighted by atomic mass is 16.3. The van der Waals surface area contributed by atoms with E-state index in [4.69, 9.17) is 0 Å². The predicted molar refractivity (Wildman–Crippen MR) is 59.4 cm³/mol. The van der Waals surface area contributed by atoms with Gasteiger partial charge >= 0.3 is 0 Å². The molecule has 0 aromatic carbocycles. The maximum atomic E-state index is 10.2. The van der Waals surface area contributed by atoms with Crippen molar-refractivity contribution < 1.29 is 5.11 Å². The molecule has 3 heteroatoms. The molecule has 1 fully saturated rings. The summed E-state index contributed by atoms with van der Waals surface area (Å²) in [5.74, 6) is 0.397. The number of aliphatic hydroxyl groups excluding tert-OH is 1. The molecule has 1 aliphatic heterocycles. The van der Waals surface area contributed by atoms with Gasteiger partial charge in [-0.05, 0) is 20.0 Å². The molecule has 1 rings (SSSR count). The summed E-state index contributed by atoms with van der Waals surface area (Å²) in [4.78, 5) is 4.59. The van der Waals surface area contributed by atoms with E-state index in [1.54, 1.807) is 0 Å². The van der Waals surface area contributed by atoms with Crippen LogP contribution in [0.15, 0.2) is 0 Å². The lowest BCUT2D eigenvalue weighted by atomic mass is 9.93. The third-order valence-corrected chi connectivity index (χ3v) is 3.52. The van der Waals surface area contributed by atoms with E-state index in [0.717, 1.165) is 26.1 Å². The van der Waals surface area contributed by atoms with Crippen molar-refractivity contribution in [3.63, 3.8) is 0 Å². The summed E-state index contributed by atoms with van der Waals surface area (Å²) in [5, 5.41) is 10.2. The van der Waals surface area contributed by atoms with Gasteiger partial charge in [0.05, 0.1) is 6.10 Å². The Morgan fingerprint density at radius 3 is 2.57 bits per heavy atom. The average Bonchev–Trinajstić information content (AvgIpc) is 2.19. The molecule has 84 valence electrons. The maximum absolute atomic E-state index is 10.2. The molecule has 0 aromatic heterocycles. The maximum Gasteiger partial charge on any atom is 0.0733 e. The van der Waals surface area contributed by atoms with Gasteiger partial charge in [0.15, 0.2) is 0 Å². The van der Waals surface area contributed by atoms with Gasteiger partial charge in [0.1, 0.15) is 0 Å². The van der Waals surface area contributed by atoms with E-state index < -0.39 is 0 Å². The first-order valence-corrected chi connectivity index (χ1v) is 5.63. The Bertz CT molecular complexity index is 175. The van der Waals surface area contributed by atoms with Crippen molar-refractivity contribution in [3.05, 3.63) is 0 Å². The third-order valence-electron chi connectivity index (χ3n) is 3.52. The van der Waals surface area contributed by atoms with E-state index in [2.05, 4.69) is 37.7 Å². The van der Waals surface area contributed by atoms with Crippen LogP contribution in [-0.4, -0.2) is 60.8 Å². The Balaban J connectivity index is 2.55. The van der Waals surface area contributed by atoms with Gasteiger partial charge < -0.3 is 10.0 Å². The molecule has 3 atom stereocenters. The number of piperazine rings is 1. The van der Waals surface area contributed by atoms with Gasteiger partial charge in [-0.15, -0.1) is 0 Å². The fraction of sp³-hybridized carbons (Fsp3) is 1.00. The predicted octanol–water partition coefficient (Wildman–Crippen LogP) is 0.639. The van der Waals surface area contributed by atoms with Crippen LogP contribution in [0.1, 0.15) is 20.3 Å². The molecule has 0 saturated carbocycles. The molecule has 0 radical (unpaired) electrons. The molecule has 0 amide bonds. The number of nitrogens with zero attached hydrogens (tertiary/aromatic N) is 2. The number of rotatable bonds is 3. The standard InChI is InChI=1S/C11H24N2O/c1-5-9(2)11(14)10-8-12(3)6-7-13(10)4/h9-11,14H,5-8H2,1-4H3. The van der Waals surface area contributed by atoms with Crippen LogP contribution in [-0.2, 0) is 0 Å². The summed E-state index contributed by atoms with van der Waals surface area (Å²) in [5.41, 5.74) is 0. The Morgan fingerprint density at radius 2 is 2.00 bits per heavy atom. The van der Waals surface area contributed by atoms with Crippen molar-refractivity contribution in [1.29, 1.82) is 0 Å². The van der Waals surface area contributed by atoms with Gasteiger partial charge in [0, 0.05) is 25.7 Å². The molecule has 0 aromatic rings. The molecule has 0 spiro atoms. The van der Waals surface area contributed by atoms with Gasteiger partial charge in [-0.25, -0.2) is 0 Å². The van der Waals surface area contributed by atoms with Crippen molar-refractivity contribution in [2.75, 3.05) is 33.7 Å². The highest BCUT2D eigenvalue weighted by Gasteiger charge is 2.30. The molecule has 3 nitrogen and oxygen atoms in total. The quantitative estimate of drug-likeness (QED) is 0.724. The summed E-state index contributed by atoms with van der Waals surface area (Å²) in [6.07, 6.45) is 0.864. The highest BCUT2D eigenvalue weighted by Crippen LogP contribution is 2.18. The topological polar surface area (TPSA) is 26.7 Å². The molecule has 0 aliphatic carbocycles. The lowest BCUT2D eigenvalue weighted by Gasteiger charge is -2.41. The van der Waals surface area contributed by atoms with Crippen molar-refractivity contribution in [3.8, 4) is 0 Å². The van der Waals surface area contributed by atoms with E-state index in [1.165, 1.54) is 0 Å². The second kappa shape index (κ2) is 5.10. The number of hydrogen-bond donors (Lipinski definition) is 1. The van der Waals surface area contributed by atoms with E-state index in [-0.39, 0.29) is 6.10 Å². The van der Waals surface area contributed by atoms with Crippen LogP contribution in [0, 0.1) is 5.92 Å². The fourth-order valence-electron chi connectivity index (χ4n) is 2.03. The first-order valence-electron chi connectivity index (χ1n) is 5.63. The van der Waals surface area contributed by atoms with Gasteiger partial charge in [-0.1, -0.05) is 20.3 Å². The van der Waals surface area contributed by atoms with Crippen molar-refractivity contribution in [2.24, 2.45) is 5.92 Å². The van der Waals surface area contributed by atoms with Crippen LogP contribution in [0.3, 0.4) is 0 Å². The number of hydrogen-bond acceptors (Lipinski definition) is 3. The molecule has 3 unspecified atom stereocenters. The lowest BCUT2D eigenvalue weighted by Crippen LogP contribution is -2.56. The van der Waals surface area contributed by atoms with Crippen LogP contribution < -0.4 is 0 Å². The van der Waals surface area contributed by atoms with Crippen LogP contribution in [0.4, 0.5) is 0 Å². The highest BCUT2D eigenvalue weighted by molar-refractivity contribution is 4.86. The Labute approximate surface area is 87.7 Å². The van der Waals surface area contributed by atoms with Crippen LogP contribution in [0.2, 0.25) is 0 Å². The SMILES string of the molecule is CCC(C)C(O)C1CN(C)CCN1C. The summed E-state index contributed by atoms with van der Waals surface area (Å²) in [6, 6.07) is 0.309. The molecular weight excluding hydrogens is 176 g/mol. The summed E-state index contributed by atoms with van der Waals surface area (Å²) < 4.78 is 0. The van der Waals surface area contributed by atoms with E-state index >= 15 is 0 Å². The van der Waals surface area contributed by atoms with Crippen molar-refractivity contribution in [2.45, 2.75) is 32.4 Å². The summed E-state index contributed by atoms with van der Waals surface area (Å²) in [6.45, 7) is 7.43. The average molecular weight is 200 g/mol. The first-order chi connectivity index (χ1) is 6.56. The monoisotopic (exact) mass is 200 g/mol. The van der Waals surface area contributed by atoms with E-state index in [1.807, 2.05) is 0 Å². The minimum Gasteiger partial charge on any atom is -0.391 e. The van der Waals surface area contributed by atoms with Crippen molar-refractivity contribution >= 4 is 0 Å². The molecule has 1 heterocycles. The Hall–Kier alpha value is -0.120. The number of aliphatic hydroxyl groups is 1. The normalized spacial score (nSPS) is 30.2. The molecule has 1 saturated heterocycles. The number of likely N-dealkylation sites (N-methyl/N-ethyl adjacent to an activating group) is 2. The molecule has 14 heavy (non-hydrogen) atoms. The zero-order valence-electron chi connectivity index (χ0n) is 9.90. The summed E-state index contributed by atoms with van der Waals surface area (Å²) in [7, 11) is 4.24. The largest absolute Gasteiger partial charge is 0.391 e. The van der Waals surface area contributed by atoms with E-state index in [9.17, 15) is 5.11 Å². The van der Waals surface area contributed by atoms with Crippen LogP contribution in [0.25, 0.3) is 0 Å². The molecular formula is C11H24N2O. The van der Waals surface area contributed by atoms with Gasteiger partial charge in [-0.3, -0.25) is 4.90 Å². The minimum atomic E-state index is -0.187. The van der Waals surface area contributed by atoms with Gasteiger partial charge in [0.25, 0.3) is 0 Å². The zero-order chi connectivity index (χ0) is 10.7.